The second kappa shape index (κ2) is 8.78. The lowest BCUT2D eigenvalue weighted by molar-refractivity contribution is -0.133. The molecule has 23 heavy (non-hydrogen) atoms. The fourth-order valence-electron chi connectivity index (χ4n) is 2.64. The Bertz CT molecular complexity index is 607. The van der Waals surface area contributed by atoms with Crippen molar-refractivity contribution in [2.75, 3.05) is 26.2 Å². The van der Waals surface area contributed by atoms with Gasteiger partial charge in [0.2, 0.25) is 5.91 Å². The molecule has 0 saturated carbocycles. The molecule has 0 radical (unpaired) electrons. The molecule has 3 rings (SSSR count). The van der Waals surface area contributed by atoms with Gasteiger partial charge in [0, 0.05) is 38.0 Å². The fraction of sp³-hybridized carbons (Fsp3) is 0.500. The van der Waals surface area contributed by atoms with Crippen LogP contribution in [0.25, 0.3) is 10.6 Å². The molecule has 1 saturated heterocycles. The molecular weight excluding hydrogens is 350 g/mol. The van der Waals surface area contributed by atoms with Gasteiger partial charge >= 0.3 is 0 Å². The molecule has 0 bridgehead atoms. The molecule has 2 aromatic rings. The van der Waals surface area contributed by atoms with E-state index in [1.54, 1.807) is 22.7 Å². The van der Waals surface area contributed by atoms with Crippen LogP contribution in [-0.4, -0.2) is 46.9 Å². The Morgan fingerprint density at radius 1 is 1.26 bits per heavy atom. The van der Waals surface area contributed by atoms with E-state index in [2.05, 4.69) is 34.7 Å². The summed E-state index contributed by atoms with van der Waals surface area (Å²) in [7, 11) is 0. The Morgan fingerprint density at radius 2 is 2.04 bits per heavy atom. The lowest BCUT2D eigenvalue weighted by atomic mass is 10.2. The molecule has 0 atom stereocenters. The number of thiazole rings is 1. The Kier molecular flexibility index (Phi) is 7.02. The molecule has 0 spiro atoms. The number of piperazine rings is 1. The Balaban J connectivity index is 0.00000192. The SMILES string of the molecule is CCCC(=O)N1CCN(Cc2nc(-c3cccs3)cs2)CC1.Cl. The van der Waals surface area contributed by atoms with Gasteiger partial charge in [0.15, 0.2) is 0 Å². The molecule has 3 heterocycles. The first-order valence-corrected chi connectivity index (χ1v) is 9.50. The van der Waals surface area contributed by atoms with Gasteiger partial charge in [0.05, 0.1) is 17.1 Å². The van der Waals surface area contributed by atoms with E-state index in [4.69, 9.17) is 4.98 Å². The lowest BCUT2D eigenvalue weighted by Gasteiger charge is -2.34. The van der Waals surface area contributed by atoms with Gasteiger partial charge in [-0.2, -0.15) is 0 Å². The van der Waals surface area contributed by atoms with Crippen LogP contribution in [0, 0.1) is 0 Å². The van der Waals surface area contributed by atoms with Gasteiger partial charge in [-0.3, -0.25) is 9.69 Å². The maximum absolute atomic E-state index is 11.9. The van der Waals surface area contributed by atoms with Crippen LogP contribution < -0.4 is 0 Å². The monoisotopic (exact) mass is 371 g/mol. The summed E-state index contributed by atoms with van der Waals surface area (Å²) in [6, 6.07) is 4.17. The first-order chi connectivity index (χ1) is 10.8. The van der Waals surface area contributed by atoms with Gasteiger partial charge in [-0.1, -0.05) is 13.0 Å². The molecule has 1 aliphatic heterocycles. The summed E-state index contributed by atoms with van der Waals surface area (Å²) >= 11 is 3.46. The minimum Gasteiger partial charge on any atom is -0.340 e. The summed E-state index contributed by atoms with van der Waals surface area (Å²) in [5.74, 6) is 0.302. The van der Waals surface area contributed by atoms with Gasteiger partial charge in [-0.25, -0.2) is 4.98 Å². The zero-order chi connectivity index (χ0) is 15.4. The number of thiophene rings is 1. The number of aromatic nitrogens is 1. The highest BCUT2D eigenvalue weighted by Crippen LogP contribution is 2.26. The Morgan fingerprint density at radius 3 is 2.70 bits per heavy atom. The molecule has 1 aliphatic rings. The van der Waals surface area contributed by atoms with Crippen LogP contribution in [0.15, 0.2) is 22.9 Å². The topological polar surface area (TPSA) is 36.4 Å². The minimum atomic E-state index is 0. The van der Waals surface area contributed by atoms with Crippen LogP contribution in [0.1, 0.15) is 24.8 Å². The molecule has 0 unspecified atom stereocenters. The maximum atomic E-state index is 11.9. The highest BCUT2D eigenvalue weighted by atomic mass is 35.5. The maximum Gasteiger partial charge on any atom is 0.222 e. The number of carbonyl (C=O) groups excluding carboxylic acids is 1. The first-order valence-electron chi connectivity index (χ1n) is 7.74. The quantitative estimate of drug-likeness (QED) is 0.803. The predicted molar refractivity (Wildman–Crippen MR) is 99.4 cm³/mol. The number of hydrogen-bond acceptors (Lipinski definition) is 5. The molecule has 0 N–H and O–H groups in total. The highest BCUT2D eigenvalue weighted by molar-refractivity contribution is 7.14. The van der Waals surface area contributed by atoms with E-state index in [1.165, 1.54) is 4.88 Å². The van der Waals surface area contributed by atoms with Gasteiger partial charge in [-0.05, 0) is 17.9 Å². The molecule has 4 nitrogen and oxygen atoms in total. The van der Waals surface area contributed by atoms with Crippen LogP contribution in [-0.2, 0) is 11.3 Å². The molecular formula is C16H22ClN3OS2. The van der Waals surface area contributed by atoms with E-state index in [-0.39, 0.29) is 12.4 Å². The van der Waals surface area contributed by atoms with E-state index in [9.17, 15) is 4.79 Å². The number of rotatable bonds is 5. The summed E-state index contributed by atoms with van der Waals surface area (Å²) in [5, 5.41) is 5.39. The summed E-state index contributed by atoms with van der Waals surface area (Å²) in [6.45, 7) is 6.55. The average Bonchev–Trinajstić information content (AvgIpc) is 3.19. The Labute approximate surface area is 151 Å². The van der Waals surface area contributed by atoms with Crippen LogP contribution in [0.2, 0.25) is 0 Å². The third kappa shape index (κ3) is 4.76. The molecule has 1 amide bonds. The van der Waals surface area contributed by atoms with Crippen molar-refractivity contribution in [1.82, 2.24) is 14.8 Å². The van der Waals surface area contributed by atoms with Crippen molar-refractivity contribution >= 4 is 41.0 Å². The van der Waals surface area contributed by atoms with Gasteiger partial charge < -0.3 is 4.90 Å². The summed E-state index contributed by atoms with van der Waals surface area (Å²) in [6.07, 6.45) is 1.61. The van der Waals surface area contributed by atoms with Gasteiger partial charge in [0.25, 0.3) is 0 Å². The van der Waals surface area contributed by atoms with Crippen molar-refractivity contribution in [1.29, 1.82) is 0 Å². The van der Waals surface area contributed by atoms with E-state index in [1.807, 2.05) is 4.90 Å². The molecule has 1 fully saturated rings. The third-order valence-electron chi connectivity index (χ3n) is 3.87. The molecule has 126 valence electrons. The highest BCUT2D eigenvalue weighted by Gasteiger charge is 2.21. The van der Waals surface area contributed by atoms with Crippen molar-refractivity contribution in [2.45, 2.75) is 26.3 Å². The van der Waals surface area contributed by atoms with E-state index >= 15 is 0 Å². The normalized spacial score (nSPS) is 15.4. The number of halogens is 1. The lowest BCUT2D eigenvalue weighted by Crippen LogP contribution is -2.48. The molecule has 0 aliphatic carbocycles. The third-order valence-corrected chi connectivity index (χ3v) is 5.60. The largest absolute Gasteiger partial charge is 0.340 e. The second-order valence-corrected chi connectivity index (χ2v) is 7.40. The zero-order valence-electron chi connectivity index (χ0n) is 13.2. The number of amides is 1. The fourth-order valence-corrected chi connectivity index (χ4v) is 4.24. The molecule has 2 aromatic heterocycles. The summed E-state index contributed by atoms with van der Waals surface area (Å²) < 4.78 is 0. The van der Waals surface area contributed by atoms with Crippen LogP contribution in [0.3, 0.4) is 0 Å². The van der Waals surface area contributed by atoms with Crippen molar-refractivity contribution < 1.29 is 4.79 Å². The van der Waals surface area contributed by atoms with E-state index in [0.29, 0.717) is 12.3 Å². The number of hydrogen-bond donors (Lipinski definition) is 0. The minimum absolute atomic E-state index is 0. The second-order valence-electron chi connectivity index (χ2n) is 5.51. The van der Waals surface area contributed by atoms with Crippen molar-refractivity contribution in [2.24, 2.45) is 0 Å². The van der Waals surface area contributed by atoms with E-state index < -0.39 is 0 Å². The van der Waals surface area contributed by atoms with Crippen LogP contribution in [0.5, 0.6) is 0 Å². The smallest absolute Gasteiger partial charge is 0.222 e. The van der Waals surface area contributed by atoms with Crippen molar-refractivity contribution in [3.63, 3.8) is 0 Å². The molecule has 7 heteroatoms. The number of nitrogens with zero attached hydrogens (tertiary/aromatic N) is 3. The first kappa shape index (κ1) is 18.4. The molecule has 0 aromatic carbocycles. The van der Waals surface area contributed by atoms with Crippen molar-refractivity contribution in [3.8, 4) is 10.6 Å². The van der Waals surface area contributed by atoms with Crippen LogP contribution in [0.4, 0.5) is 0 Å². The predicted octanol–water partition coefficient (Wildman–Crippen LogP) is 3.74. The van der Waals surface area contributed by atoms with Gasteiger partial charge in [-0.15, -0.1) is 35.1 Å². The Hall–Kier alpha value is -0.950. The van der Waals surface area contributed by atoms with Crippen LogP contribution >= 0.6 is 35.1 Å². The average molecular weight is 372 g/mol. The zero-order valence-corrected chi connectivity index (χ0v) is 15.7. The number of carbonyl (C=O) groups is 1. The van der Waals surface area contributed by atoms with E-state index in [0.717, 1.165) is 49.8 Å². The van der Waals surface area contributed by atoms with Crippen molar-refractivity contribution in [3.05, 3.63) is 27.9 Å². The summed E-state index contributed by atoms with van der Waals surface area (Å²) in [5.41, 5.74) is 1.09. The summed E-state index contributed by atoms with van der Waals surface area (Å²) in [4.78, 5) is 22.3. The standard InChI is InChI=1S/C16H21N3OS2.ClH/c1-2-4-16(20)19-8-6-18(7-9-19)11-15-17-13(12-22-15)14-5-3-10-21-14;/h3,5,10,12H,2,4,6-9,11H2,1H3;1H. The van der Waals surface area contributed by atoms with Gasteiger partial charge in [0.1, 0.15) is 5.01 Å².